The number of rotatable bonds is 9. The van der Waals surface area contributed by atoms with Gasteiger partial charge in [-0.05, 0) is 24.6 Å². The van der Waals surface area contributed by atoms with Gasteiger partial charge in [0.1, 0.15) is 10.8 Å². The standard InChI is InChI=1S/C28H26N2O3S/c1-19-8-14-26(33-2)23(16-19)25(31)13-15-27(32)29-17-20-9-11-22(12-10-20)28-30-24(18-34-28)21-6-4-3-5-7-21/h3-12,14,16,18H,13,15,17H2,1-2H3,(H,29,32). The van der Waals surface area contributed by atoms with Gasteiger partial charge in [0.15, 0.2) is 5.78 Å². The Hall–Kier alpha value is -3.77. The average Bonchev–Trinajstić information content (AvgIpc) is 3.37. The highest BCUT2D eigenvalue weighted by atomic mass is 32.1. The maximum Gasteiger partial charge on any atom is 0.220 e. The molecule has 5 nitrogen and oxygen atoms in total. The number of ether oxygens (including phenoxy) is 1. The highest BCUT2D eigenvalue weighted by Crippen LogP contribution is 2.29. The van der Waals surface area contributed by atoms with Gasteiger partial charge >= 0.3 is 0 Å². The summed E-state index contributed by atoms with van der Waals surface area (Å²) >= 11 is 1.61. The third-order valence-electron chi connectivity index (χ3n) is 5.50. The monoisotopic (exact) mass is 470 g/mol. The number of hydrogen-bond donors (Lipinski definition) is 1. The molecule has 6 heteroatoms. The summed E-state index contributed by atoms with van der Waals surface area (Å²) in [7, 11) is 1.54. The normalized spacial score (nSPS) is 10.6. The Balaban J connectivity index is 1.29. The minimum absolute atomic E-state index is 0.0987. The third kappa shape index (κ3) is 5.77. The van der Waals surface area contributed by atoms with E-state index in [0.717, 1.165) is 33.0 Å². The first-order valence-electron chi connectivity index (χ1n) is 11.1. The van der Waals surface area contributed by atoms with Crippen LogP contribution in [0.1, 0.15) is 34.3 Å². The number of ketones is 1. The summed E-state index contributed by atoms with van der Waals surface area (Å²) in [4.78, 5) is 29.6. The van der Waals surface area contributed by atoms with Gasteiger partial charge in [-0.3, -0.25) is 9.59 Å². The highest BCUT2D eigenvalue weighted by molar-refractivity contribution is 7.13. The molecule has 0 radical (unpaired) electrons. The molecular weight excluding hydrogens is 444 g/mol. The van der Waals surface area contributed by atoms with E-state index in [1.165, 1.54) is 7.11 Å². The predicted octanol–water partition coefficient (Wildman–Crippen LogP) is 6.07. The SMILES string of the molecule is COc1ccc(C)cc1C(=O)CCC(=O)NCc1ccc(-c2nc(-c3ccccc3)cs2)cc1. The molecule has 0 fully saturated rings. The van der Waals surface area contributed by atoms with Crippen LogP contribution < -0.4 is 10.1 Å². The van der Waals surface area contributed by atoms with Crippen LogP contribution >= 0.6 is 11.3 Å². The van der Waals surface area contributed by atoms with E-state index in [2.05, 4.69) is 22.8 Å². The zero-order chi connectivity index (χ0) is 23.9. The van der Waals surface area contributed by atoms with E-state index >= 15 is 0 Å². The molecule has 34 heavy (non-hydrogen) atoms. The van der Waals surface area contributed by atoms with Crippen LogP contribution in [0.15, 0.2) is 78.2 Å². The predicted molar refractivity (Wildman–Crippen MR) is 136 cm³/mol. The first kappa shape index (κ1) is 23.4. The van der Waals surface area contributed by atoms with Crippen LogP contribution in [0, 0.1) is 6.92 Å². The number of carbonyl (C=O) groups excluding carboxylic acids is 2. The largest absolute Gasteiger partial charge is 0.496 e. The molecule has 1 heterocycles. The van der Waals surface area contributed by atoms with Crippen LogP contribution in [0.25, 0.3) is 21.8 Å². The summed E-state index contributed by atoms with van der Waals surface area (Å²) in [5.74, 6) is 0.280. The minimum atomic E-state index is -0.156. The Morgan fingerprint density at radius 3 is 2.44 bits per heavy atom. The molecule has 0 aliphatic carbocycles. The highest BCUT2D eigenvalue weighted by Gasteiger charge is 2.14. The molecule has 0 saturated heterocycles. The second kappa shape index (κ2) is 10.9. The molecule has 1 amide bonds. The summed E-state index contributed by atoms with van der Waals surface area (Å²) in [6.07, 6.45) is 0.272. The molecule has 1 N–H and O–H groups in total. The lowest BCUT2D eigenvalue weighted by Crippen LogP contribution is -2.23. The summed E-state index contributed by atoms with van der Waals surface area (Å²) in [6.45, 7) is 2.33. The number of carbonyl (C=O) groups is 2. The van der Waals surface area contributed by atoms with Crippen LogP contribution in [0.4, 0.5) is 0 Å². The number of hydrogen-bond acceptors (Lipinski definition) is 5. The molecule has 0 bridgehead atoms. The van der Waals surface area contributed by atoms with Gasteiger partial charge in [-0.2, -0.15) is 0 Å². The summed E-state index contributed by atoms with van der Waals surface area (Å²) in [5.41, 5.74) is 5.59. The molecule has 1 aromatic heterocycles. The molecule has 4 rings (SSSR count). The van der Waals surface area contributed by atoms with Crippen molar-refractivity contribution in [3.05, 3.63) is 94.9 Å². The number of benzene rings is 3. The fourth-order valence-electron chi connectivity index (χ4n) is 3.60. The first-order valence-corrected chi connectivity index (χ1v) is 12.0. The first-order chi connectivity index (χ1) is 16.5. The van der Waals surface area contributed by atoms with E-state index in [0.29, 0.717) is 17.9 Å². The lowest BCUT2D eigenvalue weighted by Gasteiger charge is -2.09. The molecule has 0 aliphatic heterocycles. The Labute approximate surface area is 203 Å². The molecule has 0 unspecified atom stereocenters. The van der Waals surface area contributed by atoms with Gasteiger partial charge in [0.2, 0.25) is 5.91 Å². The number of Topliss-reactive ketones (excluding diaryl/α,β-unsaturated/α-hetero) is 1. The van der Waals surface area contributed by atoms with Crippen molar-refractivity contribution in [3.8, 4) is 27.6 Å². The van der Waals surface area contributed by atoms with E-state index in [1.807, 2.05) is 55.5 Å². The summed E-state index contributed by atoms with van der Waals surface area (Å²) in [5, 5.41) is 5.92. The fourth-order valence-corrected chi connectivity index (χ4v) is 4.44. The molecule has 3 aromatic carbocycles. The number of amides is 1. The topological polar surface area (TPSA) is 68.3 Å². The van der Waals surface area contributed by atoms with Crippen molar-refractivity contribution in [2.45, 2.75) is 26.3 Å². The van der Waals surface area contributed by atoms with Crippen molar-refractivity contribution in [3.63, 3.8) is 0 Å². The van der Waals surface area contributed by atoms with Gasteiger partial charge in [-0.15, -0.1) is 11.3 Å². The number of nitrogens with zero attached hydrogens (tertiary/aromatic N) is 1. The van der Waals surface area contributed by atoms with Gasteiger partial charge in [-0.25, -0.2) is 4.98 Å². The number of aryl methyl sites for hydroxylation is 1. The quantitative estimate of drug-likeness (QED) is 0.301. The van der Waals surface area contributed by atoms with E-state index in [4.69, 9.17) is 9.72 Å². The van der Waals surface area contributed by atoms with Gasteiger partial charge in [0.25, 0.3) is 0 Å². The van der Waals surface area contributed by atoms with Crippen molar-refractivity contribution in [2.75, 3.05) is 7.11 Å². The van der Waals surface area contributed by atoms with E-state index in [-0.39, 0.29) is 24.5 Å². The van der Waals surface area contributed by atoms with E-state index < -0.39 is 0 Å². The zero-order valence-electron chi connectivity index (χ0n) is 19.2. The smallest absolute Gasteiger partial charge is 0.220 e. The minimum Gasteiger partial charge on any atom is -0.496 e. The van der Waals surface area contributed by atoms with Crippen LogP contribution in [0.2, 0.25) is 0 Å². The molecule has 172 valence electrons. The number of aromatic nitrogens is 1. The molecule has 0 spiro atoms. The number of methoxy groups -OCH3 is 1. The van der Waals surface area contributed by atoms with Crippen LogP contribution in [-0.2, 0) is 11.3 Å². The van der Waals surface area contributed by atoms with Gasteiger partial charge in [-0.1, -0.05) is 66.2 Å². The van der Waals surface area contributed by atoms with Crippen molar-refractivity contribution in [1.29, 1.82) is 0 Å². The van der Waals surface area contributed by atoms with Crippen molar-refractivity contribution >= 4 is 23.0 Å². The van der Waals surface area contributed by atoms with Crippen LogP contribution in [0.5, 0.6) is 5.75 Å². The maximum atomic E-state index is 12.6. The Morgan fingerprint density at radius 1 is 0.941 bits per heavy atom. The molecule has 0 aliphatic rings. The Bertz CT molecular complexity index is 1280. The molecule has 0 atom stereocenters. The second-order valence-corrected chi connectivity index (χ2v) is 8.86. The molecule has 0 saturated carbocycles. The fraction of sp³-hybridized carbons (Fsp3) is 0.179. The van der Waals surface area contributed by atoms with Crippen molar-refractivity contribution in [1.82, 2.24) is 10.3 Å². The lowest BCUT2D eigenvalue weighted by atomic mass is 10.0. The summed E-state index contributed by atoms with van der Waals surface area (Å²) < 4.78 is 5.27. The second-order valence-electron chi connectivity index (χ2n) is 8.00. The molecule has 4 aromatic rings. The number of nitrogens with one attached hydrogen (secondary N) is 1. The van der Waals surface area contributed by atoms with Gasteiger partial charge < -0.3 is 10.1 Å². The average molecular weight is 471 g/mol. The van der Waals surface area contributed by atoms with Gasteiger partial charge in [0, 0.05) is 35.9 Å². The van der Waals surface area contributed by atoms with Crippen LogP contribution in [0.3, 0.4) is 0 Å². The van der Waals surface area contributed by atoms with Gasteiger partial charge in [0.05, 0.1) is 18.4 Å². The van der Waals surface area contributed by atoms with E-state index in [1.54, 1.807) is 23.5 Å². The third-order valence-corrected chi connectivity index (χ3v) is 6.39. The Kier molecular flexibility index (Phi) is 7.50. The zero-order valence-corrected chi connectivity index (χ0v) is 20.0. The Morgan fingerprint density at radius 2 is 1.71 bits per heavy atom. The van der Waals surface area contributed by atoms with E-state index in [9.17, 15) is 9.59 Å². The summed E-state index contributed by atoms with van der Waals surface area (Å²) in [6, 6.07) is 23.6. The van der Waals surface area contributed by atoms with Crippen molar-refractivity contribution < 1.29 is 14.3 Å². The molecular formula is C28H26N2O3S. The lowest BCUT2D eigenvalue weighted by molar-refractivity contribution is -0.121. The maximum absolute atomic E-state index is 12.6. The van der Waals surface area contributed by atoms with Crippen LogP contribution in [-0.4, -0.2) is 23.8 Å². The van der Waals surface area contributed by atoms with Crippen molar-refractivity contribution in [2.24, 2.45) is 0 Å². The number of thiazole rings is 1.